The molecule has 3 N–H and O–H groups in total. The van der Waals surface area contributed by atoms with Gasteiger partial charge in [0.1, 0.15) is 12.3 Å². The molecule has 0 fully saturated rings. The monoisotopic (exact) mass is 558 g/mol. The van der Waals surface area contributed by atoms with Gasteiger partial charge in [-0.2, -0.15) is 4.98 Å². The zero-order chi connectivity index (χ0) is 28.7. The topological polar surface area (TPSA) is 113 Å². The first-order chi connectivity index (χ1) is 18.9. The van der Waals surface area contributed by atoms with E-state index in [-0.39, 0.29) is 28.7 Å². The normalized spacial score (nSPS) is 18.9. The molecule has 9 heteroatoms. The van der Waals surface area contributed by atoms with Crippen LogP contribution in [0.25, 0.3) is 11.3 Å². The van der Waals surface area contributed by atoms with Gasteiger partial charge in [0.15, 0.2) is 0 Å². The van der Waals surface area contributed by atoms with Gasteiger partial charge in [-0.25, -0.2) is 18.1 Å². The molecular formula is C31H34N4O4S. The zero-order valence-corrected chi connectivity index (χ0v) is 24.1. The highest BCUT2D eigenvalue weighted by Crippen LogP contribution is 2.32. The van der Waals surface area contributed by atoms with Crippen LogP contribution >= 0.6 is 0 Å². The third-order valence-electron chi connectivity index (χ3n) is 7.06. The Morgan fingerprint density at radius 3 is 2.25 bits per heavy atom. The Hall–Kier alpha value is -3.79. The Balaban J connectivity index is 1.65. The molecule has 3 aromatic carbocycles. The van der Waals surface area contributed by atoms with Gasteiger partial charge >= 0.3 is 0 Å². The minimum atomic E-state index is -4.06. The van der Waals surface area contributed by atoms with Crippen LogP contribution in [0.15, 0.2) is 77.7 Å². The van der Waals surface area contributed by atoms with Crippen molar-refractivity contribution in [3.63, 3.8) is 0 Å². The van der Waals surface area contributed by atoms with E-state index in [0.717, 1.165) is 22.3 Å². The van der Waals surface area contributed by atoms with E-state index in [1.165, 1.54) is 17.7 Å². The predicted octanol–water partition coefficient (Wildman–Crippen LogP) is 5.57. The second kappa shape index (κ2) is 10.6. The van der Waals surface area contributed by atoms with Crippen molar-refractivity contribution in [2.75, 3.05) is 11.3 Å². The predicted molar refractivity (Wildman–Crippen MR) is 156 cm³/mol. The number of nitrogens with one attached hydrogen (secondary N) is 2. The molecule has 0 saturated carbocycles. The lowest BCUT2D eigenvalue weighted by Crippen LogP contribution is -2.29. The van der Waals surface area contributed by atoms with Gasteiger partial charge in [0, 0.05) is 18.2 Å². The molecule has 5 rings (SSSR count). The minimum absolute atomic E-state index is 0.0111. The van der Waals surface area contributed by atoms with Crippen molar-refractivity contribution in [1.29, 1.82) is 0 Å². The van der Waals surface area contributed by atoms with E-state index in [1.807, 2.05) is 44.2 Å². The van der Waals surface area contributed by atoms with Crippen molar-refractivity contribution in [3.05, 3.63) is 101 Å². The number of hydrogen-bond acceptors (Lipinski definition) is 7. The first-order valence-electron chi connectivity index (χ1n) is 13.2. The quantitative estimate of drug-likeness (QED) is 0.295. The molecule has 2 unspecified atom stereocenters. The number of hydrogen-bond donors (Lipinski definition) is 3. The van der Waals surface area contributed by atoms with Crippen LogP contribution in [0.4, 0.5) is 5.95 Å². The second-order valence-corrected chi connectivity index (χ2v) is 12.8. The maximum Gasteiger partial charge on any atom is 0.264 e. The zero-order valence-electron chi connectivity index (χ0n) is 23.3. The molecule has 0 saturated heterocycles. The lowest BCUT2D eigenvalue weighted by atomic mass is 9.86. The largest absolute Gasteiger partial charge is 0.468 e. The van der Waals surface area contributed by atoms with E-state index in [2.05, 4.69) is 52.9 Å². The van der Waals surface area contributed by atoms with Gasteiger partial charge < -0.3 is 9.84 Å². The average molecular weight is 559 g/mol. The molecule has 4 aromatic rings. The molecular weight excluding hydrogens is 524 g/mol. The van der Waals surface area contributed by atoms with Gasteiger partial charge in [0.25, 0.3) is 10.0 Å². The summed E-state index contributed by atoms with van der Waals surface area (Å²) in [5.41, 5.74) is 5.85. The minimum Gasteiger partial charge on any atom is -0.468 e. The summed E-state index contributed by atoms with van der Waals surface area (Å²) < 4.78 is 35.6. The van der Waals surface area contributed by atoms with Crippen molar-refractivity contribution in [1.82, 2.24) is 15.3 Å². The van der Waals surface area contributed by atoms with Crippen LogP contribution in [-0.4, -0.2) is 30.0 Å². The Kier molecular flexibility index (Phi) is 7.39. The smallest absolute Gasteiger partial charge is 0.264 e. The van der Waals surface area contributed by atoms with Crippen LogP contribution in [0, 0.1) is 13.8 Å². The molecule has 4 bridgehead atoms. The highest BCUT2D eigenvalue weighted by molar-refractivity contribution is 7.92. The number of aromatic nitrogens is 2. The van der Waals surface area contributed by atoms with Gasteiger partial charge in [-0.05, 0) is 59.2 Å². The van der Waals surface area contributed by atoms with Crippen LogP contribution < -0.4 is 14.8 Å². The molecule has 40 heavy (non-hydrogen) atoms. The maximum atomic E-state index is 13.3. The number of sulfonamides is 1. The van der Waals surface area contributed by atoms with Crippen molar-refractivity contribution < 1.29 is 18.3 Å². The number of ether oxygens (including phenoxy) is 1. The molecule has 2 atom stereocenters. The SMILES string of the molecule is Cc1cccc(C)c1-c1cc2nc(n1)NS(=O)(=O)c1cccc(c1)C(O)NCC(c1ccc(C(C)(C)C)cc1)O2. The molecule has 0 radical (unpaired) electrons. The van der Waals surface area contributed by atoms with Gasteiger partial charge in [-0.15, -0.1) is 0 Å². The van der Waals surface area contributed by atoms with Crippen molar-refractivity contribution >= 4 is 16.0 Å². The maximum absolute atomic E-state index is 13.3. The van der Waals surface area contributed by atoms with E-state index in [9.17, 15) is 13.5 Å². The number of aliphatic hydroxyl groups excluding tert-OH is 1. The summed E-state index contributed by atoms with van der Waals surface area (Å²) in [4.78, 5) is 9.03. The average Bonchev–Trinajstić information content (AvgIpc) is 2.90. The van der Waals surface area contributed by atoms with Crippen molar-refractivity contribution in [2.24, 2.45) is 0 Å². The summed E-state index contributed by atoms with van der Waals surface area (Å²) in [5.74, 6) is 0.104. The molecule has 1 aliphatic rings. The van der Waals surface area contributed by atoms with E-state index < -0.39 is 22.4 Å². The van der Waals surface area contributed by atoms with Gasteiger partial charge in [0.2, 0.25) is 11.8 Å². The van der Waals surface area contributed by atoms with Crippen molar-refractivity contribution in [2.45, 2.75) is 57.3 Å². The number of aliphatic hydroxyl groups is 1. The Morgan fingerprint density at radius 1 is 0.900 bits per heavy atom. The highest BCUT2D eigenvalue weighted by atomic mass is 32.2. The number of benzene rings is 3. The van der Waals surface area contributed by atoms with E-state index in [0.29, 0.717) is 11.3 Å². The fourth-order valence-electron chi connectivity index (χ4n) is 4.82. The molecule has 0 aliphatic carbocycles. The molecule has 208 valence electrons. The third-order valence-corrected chi connectivity index (χ3v) is 8.38. The molecule has 0 amide bonds. The summed E-state index contributed by atoms with van der Waals surface area (Å²) in [6, 6.07) is 22.0. The van der Waals surface area contributed by atoms with Gasteiger partial charge in [0.05, 0.1) is 10.6 Å². The Morgan fingerprint density at radius 2 is 1.57 bits per heavy atom. The fourth-order valence-corrected chi connectivity index (χ4v) is 5.81. The lowest BCUT2D eigenvalue weighted by Gasteiger charge is -2.24. The number of fused-ring (bicyclic) bond motifs is 4. The van der Waals surface area contributed by atoms with Gasteiger partial charge in [-0.3, -0.25) is 5.32 Å². The lowest BCUT2D eigenvalue weighted by molar-refractivity contribution is 0.109. The van der Waals surface area contributed by atoms with Crippen LogP contribution in [0.2, 0.25) is 0 Å². The van der Waals surface area contributed by atoms with Gasteiger partial charge in [-0.1, -0.05) is 75.4 Å². The molecule has 2 heterocycles. The third kappa shape index (κ3) is 5.86. The number of aryl methyl sites for hydroxylation is 2. The summed E-state index contributed by atoms with van der Waals surface area (Å²) in [5, 5.41) is 14.0. The van der Waals surface area contributed by atoms with Crippen LogP contribution in [0.3, 0.4) is 0 Å². The van der Waals surface area contributed by atoms with Crippen molar-refractivity contribution in [3.8, 4) is 17.1 Å². The summed E-state index contributed by atoms with van der Waals surface area (Å²) in [6.07, 6.45) is -1.66. The highest BCUT2D eigenvalue weighted by Gasteiger charge is 2.24. The number of anilines is 1. The molecule has 0 spiro atoms. The summed E-state index contributed by atoms with van der Waals surface area (Å²) in [7, 11) is -4.06. The Bertz CT molecular complexity index is 1630. The molecule has 8 nitrogen and oxygen atoms in total. The molecule has 1 aliphatic heterocycles. The first kappa shape index (κ1) is 27.8. The summed E-state index contributed by atoms with van der Waals surface area (Å²) in [6.45, 7) is 10.7. The van der Waals surface area contributed by atoms with Crippen LogP contribution in [0.5, 0.6) is 5.88 Å². The van der Waals surface area contributed by atoms with Crippen LogP contribution in [0.1, 0.15) is 60.9 Å². The standard InChI is InChI=1S/C31H34N4O4S/c1-19-8-6-9-20(2)28(19)25-17-27-34-30(33-25)35-40(37,38)24-11-7-10-22(16-24)29(36)32-18-26(39-27)21-12-14-23(15-13-21)31(3,4)5/h6-17,26,29,32,36H,18H2,1-5H3,(H,33,34,35). The van der Waals surface area contributed by atoms with E-state index >= 15 is 0 Å². The summed E-state index contributed by atoms with van der Waals surface area (Å²) >= 11 is 0. The second-order valence-electron chi connectivity index (χ2n) is 11.1. The first-order valence-corrected chi connectivity index (χ1v) is 14.7. The van der Waals surface area contributed by atoms with E-state index in [4.69, 9.17) is 4.74 Å². The fraction of sp³-hybridized carbons (Fsp3) is 0.290. The van der Waals surface area contributed by atoms with E-state index in [1.54, 1.807) is 18.2 Å². The number of rotatable bonds is 2. The molecule has 1 aromatic heterocycles. The van der Waals surface area contributed by atoms with Crippen LogP contribution in [-0.2, 0) is 15.4 Å². The Labute approximate surface area is 235 Å². The number of nitrogens with zero attached hydrogens (tertiary/aromatic N) is 2.